The summed E-state index contributed by atoms with van der Waals surface area (Å²) >= 11 is 35.8. The van der Waals surface area contributed by atoms with Crippen molar-refractivity contribution in [2.75, 3.05) is 0 Å². The SMILES string of the molecule is Fc1c(Cl)c(Cl)c(Cl)c2c1oc1cc(Cl)c(Cl)c(Cl)c12. The van der Waals surface area contributed by atoms with Gasteiger partial charge in [0, 0.05) is 6.07 Å². The zero-order chi connectivity index (χ0) is 14.8. The van der Waals surface area contributed by atoms with Crippen LogP contribution < -0.4 is 0 Å². The summed E-state index contributed by atoms with van der Waals surface area (Å²) in [5.74, 6) is -0.824. The van der Waals surface area contributed by atoms with E-state index < -0.39 is 5.82 Å². The molecular formula is C12HCl6FO. The van der Waals surface area contributed by atoms with Gasteiger partial charge in [-0.15, -0.1) is 0 Å². The van der Waals surface area contributed by atoms with Gasteiger partial charge < -0.3 is 4.42 Å². The van der Waals surface area contributed by atoms with E-state index in [-0.39, 0.29) is 46.7 Å². The molecule has 3 aromatic rings. The minimum absolute atomic E-state index is 0.0344. The minimum Gasteiger partial charge on any atom is -0.453 e. The Labute approximate surface area is 142 Å². The molecule has 0 saturated heterocycles. The first-order chi connectivity index (χ1) is 9.34. The molecule has 0 spiro atoms. The normalized spacial score (nSPS) is 11.8. The number of hydrogen-bond acceptors (Lipinski definition) is 1. The maximum Gasteiger partial charge on any atom is 0.186 e. The van der Waals surface area contributed by atoms with Crippen LogP contribution in [0.2, 0.25) is 30.1 Å². The van der Waals surface area contributed by atoms with Gasteiger partial charge in [0.05, 0.1) is 35.9 Å². The molecule has 104 valence electrons. The molecular weight excluding hydrogens is 392 g/mol. The summed E-state index contributed by atoms with van der Waals surface area (Å²) in [6.07, 6.45) is 0. The molecule has 0 atom stereocenters. The molecule has 0 aliphatic heterocycles. The number of halogens is 7. The molecule has 3 rings (SSSR count). The van der Waals surface area contributed by atoms with Crippen LogP contribution >= 0.6 is 69.6 Å². The Morgan fingerprint density at radius 1 is 0.750 bits per heavy atom. The molecule has 0 aliphatic carbocycles. The molecule has 0 saturated carbocycles. The topological polar surface area (TPSA) is 13.1 Å². The average Bonchev–Trinajstić information content (AvgIpc) is 2.79. The lowest BCUT2D eigenvalue weighted by atomic mass is 10.1. The van der Waals surface area contributed by atoms with Gasteiger partial charge >= 0.3 is 0 Å². The second-order valence-electron chi connectivity index (χ2n) is 3.92. The molecule has 0 amide bonds. The van der Waals surface area contributed by atoms with Crippen LogP contribution in [0.1, 0.15) is 0 Å². The maximum atomic E-state index is 14.1. The highest BCUT2D eigenvalue weighted by Gasteiger charge is 2.24. The van der Waals surface area contributed by atoms with Crippen molar-refractivity contribution < 1.29 is 8.81 Å². The van der Waals surface area contributed by atoms with E-state index in [1.807, 2.05) is 0 Å². The Morgan fingerprint density at radius 2 is 1.35 bits per heavy atom. The van der Waals surface area contributed by atoms with Gasteiger partial charge in [-0.1, -0.05) is 69.6 Å². The molecule has 0 bridgehead atoms. The highest BCUT2D eigenvalue weighted by atomic mass is 35.5. The molecule has 0 unspecified atom stereocenters. The molecule has 2 aromatic carbocycles. The van der Waals surface area contributed by atoms with Crippen molar-refractivity contribution >= 4 is 91.5 Å². The van der Waals surface area contributed by atoms with E-state index in [0.29, 0.717) is 5.39 Å². The number of hydrogen-bond donors (Lipinski definition) is 0. The first kappa shape index (κ1) is 14.8. The van der Waals surface area contributed by atoms with Gasteiger partial charge in [0.25, 0.3) is 0 Å². The highest BCUT2D eigenvalue weighted by molar-refractivity contribution is 6.54. The van der Waals surface area contributed by atoms with Crippen molar-refractivity contribution in [1.29, 1.82) is 0 Å². The van der Waals surface area contributed by atoms with E-state index in [9.17, 15) is 4.39 Å². The third-order valence-corrected chi connectivity index (χ3v) is 5.38. The molecule has 0 radical (unpaired) electrons. The van der Waals surface area contributed by atoms with Crippen LogP contribution in [-0.2, 0) is 0 Å². The van der Waals surface area contributed by atoms with Gasteiger partial charge in [-0.05, 0) is 0 Å². The van der Waals surface area contributed by atoms with E-state index in [4.69, 9.17) is 74.0 Å². The van der Waals surface area contributed by atoms with Gasteiger partial charge in [0.1, 0.15) is 10.6 Å². The Kier molecular flexibility index (Phi) is 3.69. The van der Waals surface area contributed by atoms with Gasteiger partial charge in [-0.25, -0.2) is 4.39 Å². The highest BCUT2D eigenvalue weighted by Crippen LogP contribution is 2.48. The second kappa shape index (κ2) is 4.98. The van der Waals surface area contributed by atoms with Gasteiger partial charge in [0.2, 0.25) is 0 Å². The first-order valence-corrected chi connectivity index (χ1v) is 7.33. The molecule has 1 heterocycles. The Balaban J connectivity index is 2.69. The number of furan rings is 1. The smallest absolute Gasteiger partial charge is 0.186 e. The Bertz CT molecular complexity index is 885. The fraction of sp³-hybridized carbons (Fsp3) is 0. The fourth-order valence-corrected chi connectivity index (χ4v) is 3.29. The Hall–Kier alpha value is -0.0900. The summed E-state index contributed by atoms with van der Waals surface area (Å²) < 4.78 is 19.5. The van der Waals surface area contributed by atoms with Crippen molar-refractivity contribution in [1.82, 2.24) is 0 Å². The predicted octanol–water partition coefficient (Wildman–Crippen LogP) is 7.65. The largest absolute Gasteiger partial charge is 0.453 e. The Morgan fingerprint density at radius 3 is 2.00 bits per heavy atom. The monoisotopic (exact) mass is 390 g/mol. The lowest BCUT2D eigenvalue weighted by Gasteiger charge is -2.03. The van der Waals surface area contributed by atoms with Crippen LogP contribution in [0, 0.1) is 5.82 Å². The molecule has 1 nitrogen and oxygen atoms in total. The number of rotatable bonds is 0. The summed E-state index contributed by atoms with van der Waals surface area (Å²) in [5, 5.41) is 0.526. The van der Waals surface area contributed by atoms with E-state index in [1.165, 1.54) is 6.07 Å². The summed E-state index contributed by atoms with van der Waals surface area (Å²) in [6.45, 7) is 0. The molecule has 0 fully saturated rings. The van der Waals surface area contributed by atoms with Crippen molar-refractivity contribution in [3.8, 4) is 0 Å². The van der Waals surface area contributed by atoms with Crippen LogP contribution in [0.15, 0.2) is 10.5 Å². The number of fused-ring (bicyclic) bond motifs is 3. The number of benzene rings is 2. The average molecular weight is 393 g/mol. The summed E-state index contributed by atoms with van der Waals surface area (Å²) in [7, 11) is 0. The molecule has 20 heavy (non-hydrogen) atoms. The van der Waals surface area contributed by atoms with Crippen LogP contribution in [-0.4, -0.2) is 0 Å². The third kappa shape index (κ3) is 1.90. The zero-order valence-electron chi connectivity index (χ0n) is 9.13. The summed E-state index contributed by atoms with van der Waals surface area (Å²) in [5.41, 5.74) is 0.0816. The van der Waals surface area contributed by atoms with Crippen molar-refractivity contribution in [2.24, 2.45) is 0 Å². The summed E-state index contributed by atoms with van der Waals surface area (Å²) in [4.78, 5) is 0. The van der Waals surface area contributed by atoms with Gasteiger partial charge in [0.15, 0.2) is 11.4 Å². The quantitative estimate of drug-likeness (QED) is 0.283. The molecule has 0 N–H and O–H groups in total. The van der Waals surface area contributed by atoms with Crippen LogP contribution in [0.4, 0.5) is 4.39 Å². The van der Waals surface area contributed by atoms with Gasteiger partial charge in [-0.3, -0.25) is 0 Å². The van der Waals surface area contributed by atoms with Gasteiger partial charge in [-0.2, -0.15) is 0 Å². The summed E-state index contributed by atoms with van der Waals surface area (Å²) in [6, 6.07) is 1.42. The van der Waals surface area contributed by atoms with Crippen molar-refractivity contribution in [2.45, 2.75) is 0 Å². The standard InChI is InChI=1S/C12HCl6FO/c13-2-1-3-4(7(15)6(2)14)5-8(16)9(17)10(18)11(19)12(5)20-3/h1H. The van der Waals surface area contributed by atoms with Crippen molar-refractivity contribution in [3.63, 3.8) is 0 Å². The van der Waals surface area contributed by atoms with Crippen LogP contribution in [0.3, 0.4) is 0 Å². The lowest BCUT2D eigenvalue weighted by Crippen LogP contribution is -1.83. The fourth-order valence-electron chi connectivity index (χ4n) is 1.93. The van der Waals surface area contributed by atoms with Crippen LogP contribution in [0.5, 0.6) is 0 Å². The lowest BCUT2D eigenvalue weighted by molar-refractivity contribution is 0.584. The van der Waals surface area contributed by atoms with E-state index in [1.54, 1.807) is 0 Å². The minimum atomic E-state index is -0.824. The second-order valence-corrected chi connectivity index (χ2v) is 6.22. The van der Waals surface area contributed by atoms with E-state index >= 15 is 0 Å². The van der Waals surface area contributed by atoms with E-state index in [2.05, 4.69) is 0 Å². The third-order valence-electron chi connectivity index (χ3n) is 2.81. The molecule has 8 heteroatoms. The van der Waals surface area contributed by atoms with Crippen LogP contribution in [0.25, 0.3) is 21.9 Å². The maximum absolute atomic E-state index is 14.1. The predicted molar refractivity (Wildman–Crippen MR) is 83.7 cm³/mol. The van der Waals surface area contributed by atoms with E-state index in [0.717, 1.165) is 0 Å². The molecule has 1 aromatic heterocycles. The van der Waals surface area contributed by atoms with Crippen molar-refractivity contribution in [3.05, 3.63) is 42.0 Å². The molecule has 0 aliphatic rings. The zero-order valence-corrected chi connectivity index (χ0v) is 13.7. The first-order valence-electron chi connectivity index (χ1n) is 5.06.